The van der Waals surface area contributed by atoms with Crippen LogP contribution in [0.15, 0.2) is 12.4 Å². The van der Waals surface area contributed by atoms with Gasteiger partial charge in [-0.3, -0.25) is 9.48 Å². The zero-order valence-corrected chi connectivity index (χ0v) is 12.3. The molecule has 0 aromatic carbocycles. The number of hydrogen-bond acceptors (Lipinski definition) is 3. The lowest BCUT2D eigenvalue weighted by atomic mass is 9.90. The van der Waals surface area contributed by atoms with Crippen molar-refractivity contribution in [2.45, 2.75) is 18.5 Å². The molecular weight excluding hydrogens is 309 g/mol. The van der Waals surface area contributed by atoms with Crippen LogP contribution in [0.4, 0.5) is 13.2 Å². The van der Waals surface area contributed by atoms with Gasteiger partial charge in [-0.1, -0.05) is 0 Å². The van der Waals surface area contributed by atoms with E-state index in [1.165, 1.54) is 0 Å². The van der Waals surface area contributed by atoms with Gasteiger partial charge >= 0.3 is 6.18 Å². The topological polar surface area (TPSA) is 59.0 Å². The summed E-state index contributed by atoms with van der Waals surface area (Å²) >= 11 is 0. The molecule has 1 aliphatic heterocycles. The van der Waals surface area contributed by atoms with E-state index in [9.17, 15) is 18.0 Å². The van der Waals surface area contributed by atoms with Crippen LogP contribution in [0.3, 0.4) is 0 Å². The second-order valence-corrected chi connectivity index (χ2v) is 4.97. The first-order valence-corrected chi connectivity index (χ1v) is 6.40. The Morgan fingerprint density at radius 2 is 2.24 bits per heavy atom. The largest absolute Gasteiger partial charge is 0.390 e. The molecular formula is C12H18ClF3N4O. The first-order valence-electron chi connectivity index (χ1n) is 6.40. The van der Waals surface area contributed by atoms with Gasteiger partial charge in [-0.15, -0.1) is 12.4 Å². The standard InChI is InChI=1S/C12H17F3N4O.ClH/c1-19-7-8(4-18-19)9-5-16-6-10(9)11(20)17-3-2-12(13,14)15;/h4,7,9-10,16H,2-3,5-6H2,1H3,(H,17,20);1H/t9-,10+;/m1./s1. The summed E-state index contributed by atoms with van der Waals surface area (Å²) in [6.07, 6.45) is -1.73. The number of hydrogen-bond donors (Lipinski definition) is 2. The van der Waals surface area contributed by atoms with Gasteiger partial charge in [0, 0.05) is 38.8 Å². The fraction of sp³-hybridized carbons (Fsp3) is 0.667. The molecule has 2 rings (SSSR count). The molecule has 1 amide bonds. The van der Waals surface area contributed by atoms with Gasteiger partial charge < -0.3 is 10.6 Å². The van der Waals surface area contributed by atoms with Crippen molar-refractivity contribution >= 4 is 18.3 Å². The molecule has 1 aromatic heterocycles. The number of amides is 1. The monoisotopic (exact) mass is 326 g/mol. The van der Waals surface area contributed by atoms with E-state index in [0.717, 1.165) is 5.56 Å². The van der Waals surface area contributed by atoms with E-state index in [1.54, 1.807) is 17.9 Å². The molecule has 2 N–H and O–H groups in total. The van der Waals surface area contributed by atoms with Crippen molar-refractivity contribution in [3.63, 3.8) is 0 Å². The quantitative estimate of drug-likeness (QED) is 0.874. The number of nitrogens with zero attached hydrogens (tertiary/aromatic N) is 2. The molecule has 0 saturated carbocycles. The van der Waals surface area contributed by atoms with Gasteiger partial charge in [0.1, 0.15) is 0 Å². The number of halogens is 4. The maximum absolute atomic E-state index is 12.1. The highest BCUT2D eigenvalue weighted by molar-refractivity contribution is 5.85. The predicted molar refractivity (Wildman–Crippen MR) is 73.2 cm³/mol. The van der Waals surface area contributed by atoms with Gasteiger partial charge in [0.25, 0.3) is 0 Å². The number of carbonyl (C=O) groups is 1. The summed E-state index contributed by atoms with van der Waals surface area (Å²) in [6, 6.07) is 0. The van der Waals surface area contributed by atoms with Crippen LogP contribution >= 0.6 is 12.4 Å². The summed E-state index contributed by atoms with van der Waals surface area (Å²) in [5.41, 5.74) is 0.925. The van der Waals surface area contributed by atoms with E-state index in [1.807, 2.05) is 6.20 Å². The number of carbonyl (C=O) groups excluding carboxylic acids is 1. The Kier molecular flexibility index (Phi) is 6.03. The second kappa shape index (κ2) is 7.13. The number of aryl methyl sites for hydroxylation is 1. The van der Waals surface area contributed by atoms with Crippen LogP contribution in [0.25, 0.3) is 0 Å². The van der Waals surface area contributed by atoms with E-state index in [-0.39, 0.29) is 36.7 Å². The van der Waals surface area contributed by atoms with Crippen molar-refractivity contribution < 1.29 is 18.0 Å². The molecule has 0 spiro atoms. The SMILES string of the molecule is Cl.Cn1cc([C@H]2CNC[C@@H]2C(=O)NCCC(F)(F)F)cn1. The Labute approximate surface area is 126 Å². The minimum absolute atomic E-state index is 0. The van der Waals surface area contributed by atoms with Gasteiger partial charge in [0.2, 0.25) is 5.91 Å². The fourth-order valence-electron chi connectivity index (χ4n) is 2.39. The Morgan fingerprint density at radius 1 is 1.52 bits per heavy atom. The van der Waals surface area contributed by atoms with Gasteiger partial charge in [-0.05, 0) is 5.56 Å². The van der Waals surface area contributed by atoms with E-state index < -0.39 is 12.6 Å². The zero-order chi connectivity index (χ0) is 14.8. The summed E-state index contributed by atoms with van der Waals surface area (Å²) in [6.45, 7) is 0.721. The fourth-order valence-corrected chi connectivity index (χ4v) is 2.39. The maximum Gasteiger partial charge on any atom is 0.390 e. The second-order valence-electron chi connectivity index (χ2n) is 4.97. The predicted octanol–water partition coefficient (Wildman–Crippen LogP) is 1.21. The van der Waals surface area contributed by atoms with Crippen molar-refractivity contribution in [3.05, 3.63) is 18.0 Å². The van der Waals surface area contributed by atoms with E-state index in [4.69, 9.17) is 0 Å². The lowest BCUT2D eigenvalue weighted by Crippen LogP contribution is -2.36. The van der Waals surface area contributed by atoms with Crippen LogP contribution in [0.1, 0.15) is 17.9 Å². The van der Waals surface area contributed by atoms with E-state index in [2.05, 4.69) is 15.7 Å². The molecule has 0 unspecified atom stereocenters. The molecule has 2 atom stereocenters. The molecule has 0 aliphatic carbocycles. The third-order valence-electron chi connectivity index (χ3n) is 3.41. The molecule has 21 heavy (non-hydrogen) atoms. The van der Waals surface area contributed by atoms with Crippen molar-refractivity contribution in [1.82, 2.24) is 20.4 Å². The summed E-state index contributed by atoms with van der Waals surface area (Å²) in [5.74, 6) is -0.741. The highest BCUT2D eigenvalue weighted by atomic mass is 35.5. The Balaban J connectivity index is 0.00000220. The number of alkyl halides is 3. The van der Waals surface area contributed by atoms with Crippen LogP contribution in [0.5, 0.6) is 0 Å². The lowest BCUT2D eigenvalue weighted by molar-refractivity contribution is -0.136. The third-order valence-corrected chi connectivity index (χ3v) is 3.41. The van der Waals surface area contributed by atoms with Crippen molar-refractivity contribution in [2.24, 2.45) is 13.0 Å². The van der Waals surface area contributed by atoms with Gasteiger partial charge in [0.05, 0.1) is 18.5 Å². The molecule has 1 aromatic rings. The number of nitrogens with one attached hydrogen (secondary N) is 2. The zero-order valence-electron chi connectivity index (χ0n) is 11.5. The van der Waals surface area contributed by atoms with Crippen molar-refractivity contribution in [3.8, 4) is 0 Å². The van der Waals surface area contributed by atoms with Gasteiger partial charge in [0.15, 0.2) is 0 Å². The normalized spacial score (nSPS) is 21.9. The van der Waals surface area contributed by atoms with Crippen LogP contribution in [0, 0.1) is 5.92 Å². The van der Waals surface area contributed by atoms with E-state index in [0.29, 0.717) is 13.1 Å². The smallest absolute Gasteiger partial charge is 0.355 e. The minimum atomic E-state index is -4.25. The summed E-state index contributed by atoms with van der Waals surface area (Å²) in [4.78, 5) is 12.0. The Hall–Kier alpha value is -1.28. The average molecular weight is 327 g/mol. The molecule has 1 aliphatic rings. The molecule has 0 bridgehead atoms. The van der Waals surface area contributed by atoms with Crippen molar-refractivity contribution in [1.29, 1.82) is 0 Å². The van der Waals surface area contributed by atoms with Gasteiger partial charge in [-0.25, -0.2) is 0 Å². The Bertz CT molecular complexity index is 477. The van der Waals surface area contributed by atoms with E-state index >= 15 is 0 Å². The molecule has 1 fully saturated rings. The van der Waals surface area contributed by atoms with Crippen LogP contribution in [-0.2, 0) is 11.8 Å². The van der Waals surface area contributed by atoms with Crippen LogP contribution in [0.2, 0.25) is 0 Å². The first kappa shape index (κ1) is 17.8. The number of aromatic nitrogens is 2. The first-order chi connectivity index (χ1) is 9.37. The molecule has 0 radical (unpaired) electrons. The molecule has 2 heterocycles. The molecule has 1 saturated heterocycles. The molecule has 120 valence electrons. The van der Waals surface area contributed by atoms with Crippen molar-refractivity contribution in [2.75, 3.05) is 19.6 Å². The number of rotatable bonds is 4. The highest BCUT2D eigenvalue weighted by Gasteiger charge is 2.35. The van der Waals surface area contributed by atoms with Crippen LogP contribution < -0.4 is 10.6 Å². The third kappa shape index (κ3) is 4.89. The highest BCUT2D eigenvalue weighted by Crippen LogP contribution is 2.28. The lowest BCUT2D eigenvalue weighted by Gasteiger charge is -2.17. The summed E-state index contributed by atoms with van der Waals surface area (Å²) < 4.78 is 37.8. The van der Waals surface area contributed by atoms with Gasteiger partial charge in [-0.2, -0.15) is 18.3 Å². The van der Waals surface area contributed by atoms with Crippen LogP contribution in [-0.4, -0.2) is 41.5 Å². The maximum atomic E-state index is 12.1. The minimum Gasteiger partial charge on any atom is -0.355 e. The summed E-state index contributed by atoms with van der Waals surface area (Å²) in [5, 5.41) is 9.52. The average Bonchev–Trinajstić information content (AvgIpc) is 2.94. The Morgan fingerprint density at radius 3 is 2.81 bits per heavy atom. The molecule has 9 heteroatoms. The summed E-state index contributed by atoms with van der Waals surface area (Å²) in [7, 11) is 1.78. The molecule has 5 nitrogen and oxygen atoms in total.